The summed E-state index contributed by atoms with van der Waals surface area (Å²) in [6.45, 7) is 10.1. The number of fused-ring (bicyclic) bond motifs is 2. The molecular formula is C42H55N5O6Si. The molecule has 0 aromatic heterocycles. The molecule has 0 bridgehead atoms. The molecule has 4 aliphatic heterocycles. The minimum atomic E-state index is -2.37. The van der Waals surface area contributed by atoms with E-state index in [-0.39, 0.29) is 60.3 Å². The summed E-state index contributed by atoms with van der Waals surface area (Å²) in [7, 11) is -0.712. The molecule has 6 atom stereocenters. The van der Waals surface area contributed by atoms with Crippen LogP contribution in [0.5, 0.6) is 5.75 Å². The van der Waals surface area contributed by atoms with Gasteiger partial charge in [0.15, 0.2) is 5.60 Å². The van der Waals surface area contributed by atoms with Gasteiger partial charge in [0.05, 0.1) is 45.4 Å². The number of nitrogens with zero attached hydrogens (tertiary/aromatic N) is 1. The Morgan fingerprint density at radius 3 is 2.19 bits per heavy atom. The van der Waals surface area contributed by atoms with Crippen LogP contribution in [0, 0.1) is 17.8 Å². The Balaban J connectivity index is 1.24. The summed E-state index contributed by atoms with van der Waals surface area (Å²) in [6.07, 6.45) is 3.63. The number of hydrogen-bond donors (Lipinski definition) is 5. The summed E-state index contributed by atoms with van der Waals surface area (Å²) in [4.78, 5) is 43.6. The van der Waals surface area contributed by atoms with Crippen LogP contribution in [-0.4, -0.2) is 76.9 Å². The number of rotatable bonds is 11. The van der Waals surface area contributed by atoms with Gasteiger partial charge in [0.25, 0.3) is 5.91 Å². The van der Waals surface area contributed by atoms with Gasteiger partial charge >= 0.3 is 0 Å². The Hall–Kier alpha value is -4.07. The minimum Gasteiger partial charge on any atom is -0.497 e. The Morgan fingerprint density at radius 1 is 0.944 bits per heavy atom. The number of benzene rings is 3. The lowest BCUT2D eigenvalue weighted by molar-refractivity contribution is -0.146. The third-order valence-electron chi connectivity index (χ3n) is 12.4. The van der Waals surface area contributed by atoms with Gasteiger partial charge in [0.1, 0.15) is 5.75 Å². The van der Waals surface area contributed by atoms with Gasteiger partial charge in [0.2, 0.25) is 11.8 Å². The van der Waals surface area contributed by atoms with E-state index >= 15 is 4.79 Å². The van der Waals surface area contributed by atoms with E-state index in [0.29, 0.717) is 30.9 Å². The SMILES string of the molecule is COc1ccc([Si](C)(C)[C@@H]2[C@@H](CCO)O[C@]3(C(=O)N(Cc4cccc(NC(=O)C5CCCNC5)c4)c4ccc(NC(=O)C5CCCNC5)cc43)[C@H]2C)cc1. The van der Waals surface area contributed by atoms with Crippen LogP contribution in [0.2, 0.25) is 18.6 Å². The van der Waals surface area contributed by atoms with E-state index in [0.717, 1.165) is 61.3 Å². The molecule has 1 spiro atoms. The second-order valence-electron chi connectivity index (χ2n) is 16.1. The van der Waals surface area contributed by atoms with Gasteiger partial charge < -0.3 is 40.7 Å². The number of carbonyl (C=O) groups excluding carboxylic acids is 3. The molecule has 4 aliphatic rings. The maximum absolute atomic E-state index is 15.3. The molecule has 5 N–H and O–H groups in total. The van der Waals surface area contributed by atoms with Gasteiger partial charge in [-0.25, -0.2) is 0 Å². The van der Waals surface area contributed by atoms with Crippen LogP contribution in [0.3, 0.4) is 0 Å². The first-order valence-electron chi connectivity index (χ1n) is 19.6. The third-order valence-corrected chi connectivity index (χ3v) is 16.7. The fraction of sp³-hybridized carbons (Fsp3) is 0.500. The summed E-state index contributed by atoms with van der Waals surface area (Å²) < 4.78 is 12.6. The van der Waals surface area contributed by atoms with Crippen molar-refractivity contribution < 1.29 is 29.0 Å². The molecule has 2 unspecified atom stereocenters. The molecule has 0 aliphatic carbocycles. The summed E-state index contributed by atoms with van der Waals surface area (Å²) >= 11 is 0. The maximum Gasteiger partial charge on any atom is 0.264 e. The second kappa shape index (κ2) is 16.0. The number of carbonyl (C=O) groups is 3. The van der Waals surface area contributed by atoms with Crippen molar-refractivity contribution in [2.75, 3.05) is 55.4 Å². The van der Waals surface area contributed by atoms with Gasteiger partial charge in [-0.15, -0.1) is 0 Å². The number of ether oxygens (including phenoxy) is 2. The zero-order valence-corrected chi connectivity index (χ0v) is 33.0. The number of amides is 3. The Kier molecular flexibility index (Phi) is 11.3. The van der Waals surface area contributed by atoms with Crippen molar-refractivity contribution in [1.29, 1.82) is 0 Å². The number of methoxy groups -OCH3 is 1. The van der Waals surface area contributed by atoms with Gasteiger partial charge in [-0.2, -0.15) is 0 Å². The van der Waals surface area contributed by atoms with Crippen molar-refractivity contribution in [1.82, 2.24) is 10.6 Å². The fourth-order valence-corrected chi connectivity index (χ4v) is 13.6. The van der Waals surface area contributed by atoms with Gasteiger partial charge in [-0.1, -0.05) is 49.5 Å². The lowest BCUT2D eigenvalue weighted by Gasteiger charge is -2.37. The van der Waals surface area contributed by atoms with Crippen molar-refractivity contribution in [2.24, 2.45) is 17.8 Å². The zero-order chi connectivity index (χ0) is 38.0. The number of aliphatic hydroxyl groups excluding tert-OH is 1. The number of aliphatic hydroxyl groups is 1. The Labute approximate surface area is 319 Å². The van der Waals surface area contributed by atoms with E-state index in [2.05, 4.69) is 53.4 Å². The van der Waals surface area contributed by atoms with Crippen LogP contribution in [0.25, 0.3) is 0 Å². The predicted molar refractivity (Wildman–Crippen MR) is 214 cm³/mol. The monoisotopic (exact) mass is 753 g/mol. The number of hydrogen-bond acceptors (Lipinski definition) is 8. The van der Waals surface area contributed by atoms with Crippen LogP contribution in [-0.2, 0) is 31.3 Å². The molecule has 54 heavy (non-hydrogen) atoms. The molecule has 3 aromatic rings. The molecule has 4 heterocycles. The molecule has 3 saturated heterocycles. The van der Waals surface area contributed by atoms with Crippen LogP contribution in [0.4, 0.5) is 17.1 Å². The smallest absolute Gasteiger partial charge is 0.264 e. The maximum atomic E-state index is 15.3. The van der Waals surface area contributed by atoms with Crippen molar-refractivity contribution in [3.63, 3.8) is 0 Å². The molecule has 0 radical (unpaired) electrons. The molecule has 288 valence electrons. The highest BCUT2D eigenvalue weighted by Crippen LogP contribution is 2.60. The van der Waals surface area contributed by atoms with Crippen molar-refractivity contribution in [3.8, 4) is 5.75 Å². The molecule has 0 saturated carbocycles. The molecule has 12 heteroatoms. The van der Waals surface area contributed by atoms with Crippen LogP contribution in [0.15, 0.2) is 66.7 Å². The predicted octanol–water partition coefficient (Wildman–Crippen LogP) is 4.72. The van der Waals surface area contributed by atoms with Crippen LogP contribution < -0.4 is 36.1 Å². The van der Waals surface area contributed by atoms with Gasteiger partial charge in [0, 0.05) is 42.6 Å². The zero-order valence-electron chi connectivity index (χ0n) is 32.0. The van der Waals surface area contributed by atoms with Crippen molar-refractivity contribution >= 4 is 48.0 Å². The first kappa shape index (κ1) is 38.2. The molecule has 11 nitrogen and oxygen atoms in total. The Bertz CT molecular complexity index is 1840. The molecule has 3 aromatic carbocycles. The first-order chi connectivity index (χ1) is 26.1. The molecule has 3 fully saturated rings. The largest absolute Gasteiger partial charge is 0.497 e. The van der Waals surface area contributed by atoms with E-state index in [1.807, 2.05) is 54.6 Å². The van der Waals surface area contributed by atoms with Crippen LogP contribution >= 0.6 is 0 Å². The van der Waals surface area contributed by atoms with Crippen LogP contribution in [0.1, 0.15) is 50.2 Å². The Morgan fingerprint density at radius 2 is 1.59 bits per heavy atom. The van der Waals surface area contributed by atoms with Gasteiger partial charge in [-0.05, 0) is 98.8 Å². The average molecular weight is 754 g/mol. The van der Waals surface area contributed by atoms with E-state index in [1.165, 1.54) is 5.19 Å². The summed E-state index contributed by atoms with van der Waals surface area (Å²) in [5.74, 6) is 0.130. The lowest BCUT2D eigenvalue weighted by atomic mass is 9.82. The topological polar surface area (TPSA) is 141 Å². The third kappa shape index (κ3) is 7.22. The highest BCUT2D eigenvalue weighted by atomic mass is 28.3. The first-order valence-corrected chi connectivity index (χ1v) is 22.7. The van der Waals surface area contributed by atoms with E-state index < -0.39 is 13.7 Å². The number of piperidine rings is 2. The molecule has 7 rings (SSSR count). The molecule has 3 amide bonds. The molecular weight excluding hydrogens is 699 g/mol. The number of anilines is 3. The normalized spacial score (nSPS) is 26.8. The summed E-state index contributed by atoms with van der Waals surface area (Å²) in [6, 6.07) is 21.7. The van der Waals surface area contributed by atoms with E-state index in [9.17, 15) is 14.7 Å². The fourth-order valence-electron chi connectivity index (χ4n) is 9.52. The van der Waals surface area contributed by atoms with E-state index in [4.69, 9.17) is 9.47 Å². The van der Waals surface area contributed by atoms with Gasteiger partial charge in [-0.3, -0.25) is 14.4 Å². The highest BCUT2D eigenvalue weighted by molar-refractivity contribution is 6.91. The summed E-state index contributed by atoms with van der Waals surface area (Å²) in [5.41, 5.74) is 2.32. The van der Waals surface area contributed by atoms with Crippen molar-refractivity contribution in [3.05, 3.63) is 77.9 Å². The van der Waals surface area contributed by atoms with E-state index in [1.54, 1.807) is 12.0 Å². The summed E-state index contributed by atoms with van der Waals surface area (Å²) in [5, 5.41) is 24.5. The number of nitrogens with one attached hydrogen (secondary N) is 4. The average Bonchev–Trinajstić information content (AvgIpc) is 3.61. The minimum absolute atomic E-state index is 0.00253. The lowest BCUT2D eigenvalue weighted by Crippen LogP contribution is -2.51. The standard InChI is InChI=1S/C42H55N5O6Si/c1-27-38(54(3,4)34-15-13-33(52-2)14-16-34)37(18-21-48)53-42(27)35-23-32(46-40(50)30-10-7-20-44-25-30)12-17-36(35)47(41(42)51)26-28-8-5-11-31(22-28)45-39(49)29-9-6-19-43-24-29/h5,8,11-17,22-23,27,29-30,37-38,43-44,48H,6-7,9-10,18-21,24-26H2,1-4H3,(H,45,49)(H,46,50)/t27-,29?,30?,37+,38-,42+/m0/s1. The highest BCUT2D eigenvalue weighted by Gasteiger charge is 2.66. The second-order valence-corrected chi connectivity index (χ2v) is 20.7. The van der Waals surface area contributed by atoms with Crippen molar-refractivity contribution in [2.45, 2.75) is 75.9 Å². The quantitative estimate of drug-likeness (QED) is 0.178.